The number of ether oxygens (including phenoxy) is 1. The molecule has 0 fully saturated rings. The number of halogens is 2. The number of amides is 1. The number of aromatic hydroxyl groups is 2. The van der Waals surface area contributed by atoms with Gasteiger partial charge in [-0.3, -0.25) is 14.4 Å². The molecule has 0 atom stereocenters. The molecule has 5 aromatic rings. The standard InChI is InChI=1S/C19H17ClN2O3.C12H10ClNO4/c1-3-22(12-8-5-4-6-9-12)19(25)16-17(23)15-13(20)10-7-11-14(15)21(2)18(16)24;1-14-7-5-3-4-6(13)8(7)10(15)9(11(14)16)12(17)18-2/h4-11,23H,3H2,1-2H3;3-5,15H,1-2H3. The maximum Gasteiger partial charge on any atom is 0.347 e. The van der Waals surface area contributed by atoms with Crippen molar-refractivity contribution < 1.29 is 24.5 Å². The maximum absolute atomic E-state index is 13.0. The van der Waals surface area contributed by atoms with Crippen molar-refractivity contribution in [2.45, 2.75) is 6.92 Å². The van der Waals surface area contributed by atoms with Gasteiger partial charge in [-0.05, 0) is 43.3 Å². The van der Waals surface area contributed by atoms with E-state index in [4.69, 9.17) is 23.2 Å². The monoisotopic (exact) mass is 623 g/mol. The van der Waals surface area contributed by atoms with E-state index in [9.17, 15) is 29.4 Å². The molecule has 0 aliphatic rings. The molecule has 0 bridgehead atoms. The van der Waals surface area contributed by atoms with Gasteiger partial charge in [-0.2, -0.15) is 0 Å². The number of hydrogen-bond acceptors (Lipinski definition) is 7. The predicted molar refractivity (Wildman–Crippen MR) is 167 cm³/mol. The Morgan fingerprint density at radius 3 is 1.70 bits per heavy atom. The highest BCUT2D eigenvalue weighted by atomic mass is 35.5. The number of aromatic nitrogens is 2. The first-order valence-electron chi connectivity index (χ1n) is 12.9. The normalized spacial score (nSPS) is 10.7. The van der Waals surface area contributed by atoms with Crippen LogP contribution in [0.5, 0.6) is 11.5 Å². The van der Waals surface area contributed by atoms with Crippen LogP contribution in [-0.4, -0.2) is 44.9 Å². The molecule has 2 N–H and O–H groups in total. The first-order valence-corrected chi connectivity index (χ1v) is 13.7. The molecule has 3 aromatic carbocycles. The topological polar surface area (TPSA) is 131 Å². The minimum Gasteiger partial charge on any atom is -0.506 e. The summed E-state index contributed by atoms with van der Waals surface area (Å²) in [6.07, 6.45) is 0. The van der Waals surface area contributed by atoms with Gasteiger partial charge in [0, 0.05) is 26.3 Å². The Morgan fingerprint density at radius 2 is 1.23 bits per heavy atom. The molecule has 10 nitrogen and oxygen atoms in total. The van der Waals surface area contributed by atoms with Crippen molar-refractivity contribution in [3.63, 3.8) is 0 Å². The molecule has 0 saturated carbocycles. The summed E-state index contributed by atoms with van der Waals surface area (Å²) in [4.78, 5) is 50.7. The lowest BCUT2D eigenvalue weighted by Gasteiger charge is -2.22. The minimum absolute atomic E-state index is 0.252. The highest BCUT2D eigenvalue weighted by molar-refractivity contribution is 6.36. The van der Waals surface area contributed by atoms with Crippen molar-refractivity contribution in [2.24, 2.45) is 14.1 Å². The van der Waals surface area contributed by atoms with E-state index < -0.39 is 34.3 Å². The number of carbonyl (C=O) groups is 2. The molecule has 2 heterocycles. The van der Waals surface area contributed by atoms with Crippen molar-refractivity contribution in [3.05, 3.63) is 109 Å². The lowest BCUT2D eigenvalue weighted by Crippen LogP contribution is -2.36. The Bertz CT molecular complexity index is 2000. The smallest absolute Gasteiger partial charge is 0.347 e. The number of anilines is 1. The molecule has 0 aliphatic carbocycles. The van der Waals surface area contributed by atoms with Gasteiger partial charge in [0.25, 0.3) is 17.0 Å². The van der Waals surface area contributed by atoms with Crippen LogP contribution in [0.15, 0.2) is 76.3 Å². The molecule has 12 heteroatoms. The third kappa shape index (κ3) is 5.54. The number of benzene rings is 3. The van der Waals surface area contributed by atoms with Crippen LogP contribution in [0.2, 0.25) is 10.0 Å². The molecule has 0 aliphatic heterocycles. The third-order valence-electron chi connectivity index (χ3n) is 6.92. The summed E-state index contributed by atoms with van der Waals surface area (Å²) in [7, 11) is 4.18. The molecule has 2 aromatic heterocycles. The number of rotatable bonds is 4. The number of fused-ring (bicyclic) bond motifs is 2. The molecule has 1 amide bonds. The second-order valence-corrected chi connectivity index (χ2v) is 10.1. The highest BCUT2D eigenvalue weighted by Gasteiger charge is 2.27. The van der Waals surface area contributed by atoms with Crippen LogP contribution in [0.25, 0.3) is 21.8 Å². The quantitative estimate of drug-likeness (QED) is 0.261. The minimum atomic E-state index is -0.894. The van der Waals surface area contributed by atoms with Crippen LogP contribution in [0.4, 0.5) is 5.69 Å². The zero-order valence-electron chi connectivity index (χ0n) is 23.6. The molecular formula is C31H27Cl2N3O7. The van der Waals surface area contributed by atoms with Gasteiger partial charge in [-0.1, -0.05) is 53.5 Å². The molecule has 5 rings (SSSR count). The van der Waals surface area contributed by atoms with E-state index >= 15 is 0 Å². The number of carbonyl (C=O) groups excluding carboxylic acids is 2. The van der Waals surface area contributed by atoms with E-state index in [1.165, 1.54) is 21.1 Å². The van der Waals surface area contributed by atoms with Crippen LogP contribution in [0.3, 0.4) is 0 Å². The number of pyridine rings is 2. The van der Waals surface area contributed by atoms with E-state index in [0.29, 0.717) is 28.7 Å². The summed E-state index contributed by atoms with van der Waals surface area (Å²) in [5.74, 6) is -2.29. The summed E-state index contributed by atoms with van der Waals surface area (Å²) in [5.41, 5.74) is -0.335. The number of para-hydroxylation sites is 1. The van der Waals surface area contributed by atoms with E-state index in [1.807, 2.05) is 6.07 Å². The van der Waals surface area contributed by atoms with E-state index in [1.54, 1.807) is 74.6 Å². The zero-order valence-corrected chi connectivity index (χ0v) is 25.1. The Morgan fingerprint density at radius 1 is 0.767 bits per heavy atom. The van der Waals surface area contributed by atoms with Gasteiger partial charge in [0.2, 0.25) is 0 Å². The van der Waals surface area contributed by atoms with Gasteiger partial charge in [0.15, 0.2) is 5.56 Å². The largest absolute Gasteiger partial charge is 0.506 e. The van der Waals surface area contributed by atoms with Crippen LogP contribution >= 0.6 is 23.2 Å². The fourth-order valence-corrected chi connectivity index (χ4v) is 5.24. The van der Waals surface area contributed by atoms with Crippen LogP contribution in [0, 0.1) is 0 Å². The second kappa shape index (κ2) is 12.6. The lowest BCUT2D eigenvalue weighted by molar-refractivity contribution is 0.0595. The summed E-state index contributed by atoms with van der Waals surface area (Å²) in [6.45, 7) is 2.16. The molecule has 0 saturated heterocycles. The number of nitrogens with zero attached hydrogens (tertiary/aromatic N) is 3. The van der Waals surface area contributed by atoms with Crippen molar-refractivity contribution in [1.29, 1.82) is 0 Å². The van der Waals surface area contributed by atoms with Gasteiger partial charge in [-0.15, -0.1) is 0 Å². The fraction of sp³-hybridized carbons (Fsp3) is 0.161. The zero-order chi connectivity index (χ0) is 31.6. The van der Waals surface area contributed by atoms with Gasteiger partial charge >= 0.3 is 5.97 Å². The van der Waals surface area contributed by atoms with Gasteiger partial charge in [0.1, 0.15) is 17.1 Å². The fourth-order valence-electron chi connectivity index (χ4n) is 4.73. The first kappa shape index (κ1) is 31.1. The van der Waals surface area contributed by atoms with Crippen molar-refractivity contribution in [3.8, 4) is 11.5 Å². The van der Waals surface area contributed by atoms with E-state index in [2.05, 4.69) is 4.74 Å². The number of esters is 1. The molecule has 0 unspecified atom stereocenters. The second-order valence-electron chi connectivity index (χ2n) is 9.32. The first-order chi connectivity index (χ1) is 20.5. The molecule has 0 spiro atoms. The third-order valence-corrected chi connectivity index (χ3v) is 7.55. The predicted octanol–water partition coefficient (Wildman–Crippen LogP) is 5.25. The Kier molecular flexibility index (Phi) is 9.13. The van der Waals surface area contributed by atoms with Crippen molar-refractivity contribution >= 4 is 62.6 Å². The van der Waals surface area contributed by atoms with Crippen molar-refractivity contribution in [1.82, 2.24) is 9.13 Å². The average molecular weight is 624 g/mol. The number of aryl methyl sites for hydroxylation is 2. The Balaban J connectivity index is 0.000000208. The Labute approximate surface area is 255 Å². The van der Waals surface area contributed by atoms with E-state index in [0.717, 1.165) is 7.11 Å². The molecule has 43 heavy (non-hydrogen) atoms. The summed E-state index contributed by atoms with van der Waals surface area (Å²) in [5, 5.41) is 21.8. The lowest BCUT2D eigenvalue weighted by atomic mass is 10.1. The summed E-state index contributed by atoms with van der Waals surface area (Å²) in [6, 6.07) is 18.8. The number of methoxy groups -OCH3 is 1. The van der Waals surface area contributed by atoms with Gasteiger partial charge in [0.05, 0.1) is 39.0 Å². The SMILES string of the molecule is CCN(C(=O)c1c(O)c2c(Cl)cccc2n(C)c1=O)c1ccccc1.COC(=O)c1c(O)c2c(Cl)cccc2n(C)c1=O. The van der Waals surface area contributed by atoms with Crippen LogP contribution in [0.1, 0.15) is 27.6 Å². The number of hydrogen-bond donors (Lipinski definition) is 2. The van der Waals surface area contributed by atoms with E-state index in [-0.39, 0.29) is 26.7 Å². The van der Waals surface area contributed by atoms with Gasteiger partial charge in [-0.25, -0.2) is 4.79 Å². The maximum atomic E-state index is 13.0. The Hall–Kier alpha value is -4.80. The van der Waals surface area contributed by atoms with Gasteiger partial charge < -0.3 is 29.0 Å². The summed E-state index contributed by atoms with van der Waals surface area (Å²) < 4.78 is 7.06. The molecule has 0 radical (unpaired) electrons. The molecule has 222 valence electrons. The average Bonchev–Trinajstić information content (AvgIpc) is 3.00. The van der Waals surface area contributed by atoms with Crippen LogP contribution < -0.4 is 16.0 Å². The van der Waals surface area contributed by atoms with Crippen LogP contribution in [-0.2, 0) is 18.8 Å². The summed E-state index contributed by atoms with van der Waals surface area (Å²) >= 11 is 12.2. The molecular weight excluding hydrogens is 597 g/mol. The van der Waals surface area contributed by atoms with Crippen molar-refractivity contribution in [2.75, 3.05) is 18.6 Å². The highest BCUT2D eigenvalue weighted by Crippen LogP contribution is 2.34.